The predicted octanol–water partition coefficient (Wildman–Crippen LogP) is 2.53. The second kappa shape index (κ2) is 4.98. The molecule has 3 nitrogen and oxygen atoms in total. The van der Waals surface area contributed by atoms with Crippen LogP contribution in [0, 0.1) is 0 Å². The predicted molar refractivity (Wildman–Crippen MR) is 54.0 cm³/mol. The fourth-order valence-electron chi connectivity index (χ4n) is 1.03. The van der Waals surface area contributed by atoms with Gasteiger partial charge in [0.2, 0.25) is 0 Å². The third-order valence-electron chi connectivity index (χ3n) is 1.66. The molecule has 1 aromatic carbocycles. The van der Waals surface area contributed by atoms with Crippen molar-refractivity contribution in [2.24, 2.45) is 0 Å². The minimum Gasteiger partial charge on any atom is -0.467 e. The van der Waals surface area contributed by atoms with Gasteiger partial charge in [0.25, 0.3) is 0 Å². The first kappa shape index (κ1) is 11.0. The van der Waals surface area contributed by atoms with Crippen LogP contribution in [0.25, 0.3) is 0 Å². The van der Waals surface area contributed by atoms with Gasteiger partial charge in [-0.2, -0.15) is 0 Å². The largest absolute Gasteiger partial charge is 0.467 e. The molecular formula is C10H11ClO3. The van der Waals surface area contributed by atoms with Gasteiger partial charge in [-0.1, -0.05) is 11.6 Å². The van der Waals surface area contributed by atoms with Gasteiger partial charge in [0, 0.05) is 12.1 Å². The summed E-state index contributed by atoms with van der Waals surface area (Å²) in [5.74, 6) is 0.389. The molecule has 0 bridgehead atoms. The average molecular weight is 215 g/mol. The fraction of sp³-hybridized carbons (Fsp3) is 0.300. The van der Waals surface area contributed by atoms with E-state index in [1.54, 1.807) is 18.2 Å². The van der Waals surface area contributed by atoms with Crippen LogP contribution in [0.3, 0.4) is 0 Å². The van der Waals surface area contributed by atoms with Crippen molar-refractivity contribution in [2.75, 3.05) is 13.9 Å². The summed E-state index contributed by atoms with van der Waals surface area (Å²) >= 11 is 5.77. The SMILES string of the molecule is COCOc1cc(Cl)ccc1C(C)=O. The first-order chi connectivity index (χ1) is 6.65. The van der Waals surface area contributed by atoms with E-state index in [4.69, 9.17) is 21.1 Å². The van der Waals surface area contributed by atoms with Gasteiger partial charge in [-0.15, -0.1) is 0 Å². The van der Waals surface area contributed by atoms with Crippen molar-refractivity contribution in [2.45, 2.75) is 6.92 Å². The zero-order valence-corrected chi connectivity index (χ0v) is 8.80. The average Bonchev–Trinajstić information content (AvgIpc) is 2.14. The summed E-state index contributed by atoms with van der Waals surface area (Å²) in [7, 11) is 1.51. The lowest BCUT2D eigenvalue weighted by Gasteiger charge is -2.08. The molecule has 14 heavy (non-hydrogen) atoms. The van der Waals surface area contributed by atoms with Crippen LogP contribution in [0.1, 0.15) is 17.3 Å². The third-order valence-corrected chi connectivity index (χ3v) is 1.89. The molecule has 1 aromatic rings. The van der Waals surface area contributed by atoms with Crippen molar-refractivity contribution in [1.29, 1.82) is 0 Å². The number of halogens is 1. The number of methoxy groups -OCH3 is 1. The molecule has 0 heterocycles. The van der Waals surface area contributed by atoms with E-state index in [0.717, 1.165) is 0 Å². The van der Waals surface area contributed by atoms with E-state index in [1.165, 1.54) is 14.0 Å². The van der Waals surface area contributed by atoms with Gasteiger partial charge in [0.05, 0.1) is 5.56 Å². The topological polar surface area (TPSA) is 35.5 Å². The molecule has 0 aliphatic heterocycles. The minimum atomic E-state index is -0.0623. The quantitative estimate of drug-likeness (QED) is 0.571. The van der Waals surface area contributed by atoms with Gasteiger partial charge in [-0.25, -0.2) is 0 Å². The highest BCUT2D eigenvalue weighted by atomic mass is 35.5. The second-order valence-electron chi connectivity index (χ2n) is 2.75. The van der Waals surface area contributed by atoms with Crippen LogP contribution in [-0.2, 0) is 4.74 Å². The Balaban J connectivity index is 2.97. The minimum absolute atomic E-state index is 0.0623. The number of benzene rings is 1. The summed E-state index contributed by atoms with van der Waals surface area (Å²) in [6.45, 7) is 1.57. The molecular weight excluding hydrogens is 204 g/mol. The Hall–Kier alpha value is -1.06. The summed E-state index contributed by atoms with van der Waals surface area (Å²) in [6.07, 6.45) is 0. The number of hydrogen-bond acceptors (Lipinski definition) is 3. The molecule has 0 amide bonds. The molecule has 0 radical (unpaired) electrons. The van der Waals surface area contributed by atoms with Crippen LogP contribution in [0.5, 0.6) is 5.75 Å². The Labute approximate surface area is 87.6 Å². The number of carbonyl (C=O) groups excluding carboxylic acids is 1. The van der Waals surface area contributed by atoms with Crippen molar-refractivity contribution in [3.63, 3.8) is 0 Å². The highest BCUT2D eigenvalue weighted by molar-refractivity contribution is 6.30. The molecule has 0 atom stereocenters. The Morgan fingerprint density at radius 3 is 2.79 bits per heavy atom. The van der Waals surface area contributed by atoms with Crippen molar-refractivity contribution in [3.8, 4) is 5.75 Å². The Morgan fingerprint density at radius 2 is 2.21 bits per heavy atom. The Morgan fingerprint density at radius 1 is 1.50 bits per heavy atom. The lowest BCUT2D eigenvalue weighted by atomic mass is 10.1. The van der Waals surface area contributed by atoms with Gasteiger partial charge >= 0.3 is 0 Å². The lowest BCUT2D eigenvalue weighted by molar-refractivity contribution is 0.0503. The first-order valence-electron chi connectivity index (χ1n) is 4.07. The Kier molecular flexibility index (Phi) is 3.92. The third kappa shape index (κ3) is 2.72. The summed E-state index contributed by atoms with van der Waals surface area (Å²) in [5.41, 5.74) is 0.506. The fourth-order valence-corrected chi connectivity index (χ4v) is 1.19. The smallest absolute Gasteiger partial charge is 0.188 e. The molecule has 0 saturated heterocycles. The van der Waals surface area contributed by atoms with Crippen molar-refractivity contribution in [3.05, 3.63) is 28.8 Å². The lowest BCUT2D eigenvalue weighted by Crippen LogP contribution is -2.03. The highest BCUT2D eigenvalue weighted by Gasteiger charge is 2.08. The zero-order chi connectivity index (χ0) is 10.6. The van der Waals surface area contributed by atoms with E-state index >= 15 is 0 Å². The van der Waals surface area contributed by atoms with E-state index in [-0.39, 0.29) is 12.6 Å². The van der Waals surface area contributed by atoms with Crippen LogP contribution in [0.4, 0.5) is 0 Å². The van der Waals surface area contributed by atoms with Crippen LogP contribution in [0.15, 0.2) is 18.2 Å². The maximum Gasteiger partial charge on any atom is 0.188 e. The van der Waals surface area contributed by atoms with Crippen LogP contribution >= 0.6 is 11.6 Å². The summed E-state index contributed by atoms with van der Waals surface area (Å²) < 4.78 is 9.94. The van der Waals surface area contributed by atoms with Crippen molar-refractivity contribution in [1.82, 2.24) is 0 Å². The van der Waals surface area contributed by atoms with Gasteiger partial charge in [0.1, 0.15) is 5.75 Å². The van der Waals surface area contributed by atoms with E-state index in [9.17, 15) is 4.79 Å². The number of hydrogen-bond donors (Lipinski definition) is 0. The summed E-state index contributed by atoms with van der Waals surface area (Å²) in [4.78, 5) is 11.2. The van der Waals surface area contributed by atoms with Crippen molar-refractivity contribution < 1.29 is 14.3 Å². The maximum atomic E-state index is 11.2. The zero-order valence-electron chi connectivity index (χ0n) is 8.04. The van der Waals surface area contributed by atoms with Crippen LogP contribution < -0.4 is 4.74 Å². The molecule has 0 aliphatic rings. The normalized spacial score (nSPS) is 9.93. The molecule has 0 spiro atoms. The van der Waals surface area contributed by atoms with Crippen molar-refractivity contribution >= 4 is 17.4 Å². The van der Waals surface area contributed by atoms with Crippen LogP contribution in [0.2, 0.25) is 5.02 Å². The standard InChI is InChI=1S/C10H11ClO3/c1-7(12)9-4-3-8(11)5-10(9)14-6-13-2/h3-5H,6H2,1-2H3. The molecule has 0 aromatic heterocycles. The monoisotopic (exact) mass is 214 g/mol. The molecule has 4 heteroatoms. The number of rotatable bonds is 4. The van der Waals surface area contributed by atoms with Crippen LogP contribution in [-0.4, -0.2) is 19.7 Å². The number of carbonyl (C=O) groups is 1. The molecule has 0 saturated carbocycles. The maximum absolute atomic E-state index is 11.2. The van der Waals surface area contributed by atoms with Gasteiger partial charge in [-0.3, -0.25) is 4.79 Å². The molecule has 0 unspecified atom stereocenters. The van der Waals surface area contributed by atoms with E-state index < -0.39 is 0 Å². The summed E-state index contributed by atoms with van der Waals surface area (Å²) in [6, 6.07) is 4.88. The summed E-state index contributed by atoms with van der Waals surface area (Å²) in [5, 5.41) is 0.529. The number of ketones is 1. The molecule has 0 N–H and O–H groups in total. The van der Waals surface area contributed by atoms with E-state index in [2.05, 4.69) is 0 Å². The second-order valence-corrected chi connectivity index (χ2v) is 3.18. The first-order valence-corrected chi connectivity index (χ1v) is 4.45. The molecule has 0 fully saturated rings. The molecule has 76 valence electrons. The number of Topliss-reactive ketones (excluding diaryl/α,β-unsaturated/α-hetero) is 1. The highest BCUT2D eigenvalue weighted by Crippen LogP contribution is 2.23. The van der Waals surface area contributed by atoms with Gasteiger partial charge in [0.15, 0.2) is 12.6 Å². The van der Waals surface area contributed by atoms with E-state index in [1.807, 2.05) is 0 Å². The van der Waals surface area contributed by atoms with Gasteiger partial charge < -0.3 is 9.47 Å². The molecule has 0 aliphatic carbocycles. The van der Waals surface area contributed by atoms with Gasteiger partial charge in [-0.05, 0) is 25.1 Å². The van der Waals surface area contributed by atoms with E-state index in [0.29, 0.717) is 16.3 Å². The Bertz CT molecular complexity index is 336. The number of ether oxygens (including phenoxy) is 2. The molecule has 1 rings (SSSR count).